The van der Waals surface area contributed by atoms with Gasteiger partial charge in [-0.2, -0.15) is 13.2 Å². The number of carbonyl (C=O) groups is 1. The van der Waals surface area contributed by atoms with Crippen molar-refractivity contribution in [3.05, 3.63) is 29.3 Å². The van der Waals surface area contributed by atoms with Gasteiger partial charge in [-0.15, -0.1) is 0 Å². The molecule has 1 aromatic carbocycles. The van der Waals surface area contributed by atoms with Crippen LogP contribution in [0.15, 0.2) is 18.2 Å². The molecule has 5 nitrogen and oxygen atoms in total. The Morgan fingerprint density at radius 3 is 2.46 bits per heavy atom. The monoisotopic (exact) mass is 399 g/mol. The highest BCUT2D eigenvalue weighted by molar-refractivity contribution is 5.69. The van der Waals surface area contributed by atoms with E-state index in [-0.39, 0.29) is 12.1 Å². The average Bonchev–Trinajstić information content (AvgIpc) is 3.15. The molecule has 0 aromatic heterocycles. The summed E-state index contributed by atoms with van der Waals surface area (Å²) in [5, 5.41) is 12.7. The van der Waals surface area contributed by atoms with Crippen molar-refractivity contribution in [1.29, 1.82) is 0 Å². The van der Waals surface area contributed by atoms with Crippen LogP contribution in [0.4, 0.5) is 18.9 Å². The van der Waals surface area contributed by atoms with Crippen LogP contribution in [0.1, 0.15) is 43.7 Å². The fourth-order valence-corrected chi connectivity index (χ4v) is 4.21. The van der Waals surface area contributed by atoms with E-state index < -0.39 is 17.7 Å². The molecule has 3 rings (SSSR count). The number of aliphatic carboxylic acids is 1. The van der Waals surface area contributed by atoms with E-state index >= 15 is 0 Å². The van der Waals surface area contributed by atoms with E-state index in [1.165, 1.54) is 12.1 Å². The second kappa shape index (κ2) is 8.29. The van der Waals surface area contributed by atoms with E-state index in [1.54, 1.807) is 0 Å². The van der Waals surface area contributed by atoms with Crippen molar-refractivity contribution in [3.8, 4) is 0 Å². The SMILES string of the molecule is CC1(N(CC(=O)O)Cc2ccc(C(F)(F)F)cc2N2CCCC2)CCNCC1. The summed E-state index contributed by atoms with van der Waals surface area (Å²) in [6.45, 7) is 5.32. The van der Waals surface area contributed by atoms with E-state index in [0.29, 0.717) is 12.2 Å². The summed E-state index contributed by atoms with van der Waals surface area (Å²) in [6, 6.07) is 3.86. The molecule has 2 N–H and O–H groups in total. The lowest BCUT2D eigenvalue weighted by atomic mass is 9.88. The predicted octanol–water partition coefficient (Wildman–Crippen LogP) is 3.33. The summed E-state index contributed by atoms with van der Waals surface area (Å²) in [4.78, 5) is 15.4. The number of nitrogens with one attached hydrogen (secondary N) is 1. The van der Waals surface area contributed by atoms with Crippen LogP contribution >= 0.6 is 0 Å². The van der Waals surface area contributed by atoms with Gasteiger partial charge in [-0.1, -0.05) is 6.07 Å². The predicted molar refractivity (Wildman–Crippen MR) is 101 cm³/mol. The molecule has 2 heterocycles. The Morgan fingerprint density at radius 2 is 1.89 bits per heavy atom. The van der Waals surface area contributed by atoms with Gasteiger partial charge in [-0.3, -0.25) is 9.69 Å². The van der Waals surface area contributed by atoms with Gasteiger partial charge in [-0.05, 0) is 63.4 Å². The van der Waals surface area contributed by atoms with Gasteiger partial charge in [0.25, 0.3) is 0 Å². The lowest BCUT2D eigenvalue weighted by Gasteiger charge is -2.44. The molecule has 28 heavy (non-hydrogen) atoms. The zero-order chi connectivity index (χ0) is 20.4. The second-order valence-electron chi connectivity index (χ2n) is 8.03. The second-order valence-corrected chi connectivity index (χ2v) is 8.03. The largest absolute Gasteiger partial charge is 0.480 e. The molecule has 156 valence electrons. The summed E-state index contributed by atoms with van der Waals surface area (Å²) >= 11 is 0. The summed E-state index contributed by atoms with van der Waals surface area (Å²) in [5.41, 5.74) is 0.390. The van der Waals surface area contributed by atoms with Crippen LogP contribution in [0.25, 0.3) is 0 Å². The summed E-state index contributed by atoms with van der Waals surface area (Å²) < 4.78 is 39.8. The van der Waals surface area contributed by atoms with Crippen molar-refractivity contribution in [2.45, 2.75) is 50.9 Å². The quantitative estimate of drug-likeness (QED) is 0.769. The minimum Gasteiger partial charge on any atom is -0.480 e. The van der Waals surface area contributed by atoms with Gasteiger partial charge < -0.3 is 15.3 Å². The maximum atomic E-state index is 13.3. The Kier molecular flexibility index (Phi) is 6.19. The maximum absolute atomic E-state index is 13.3. The number of carboxylic acids is 1. The average molecular weight is 399 g/mol. The van der Waals surface area contributed by atoms with Crippen LogP contribution in [-0.2, 0) is 17.5 Å². The fraction of sp³-hybridized carbons (Fsp3) is 0.650. The molecular weight excluding hydrogens is 371 g/mol. The third-order valence-corrected chi connectivity index (χ3v) is 5.99. The lowest BCUT2D eigenvalue weighted by molar-refractivity contribution is -0.140. The van der Waals surface area contributed by atoms with Crippen LogP contribution in [0.3, 0.4) is 0 Å². The van der Waals surface area contributed by atoms with Crippen molar-refractivity contribution in [2.24, 2.45) is 0 Å². The number of alkyl halides is 3. The molecule has 0 amide bonds. The van der Waals surface area contributed by atoms with E-state index in [9.17, 15) is 23.1 Å². The summed E-state index contributed by atoms with van der Waals surface area (Å²) in [7, 11) is 0. The van der Waals surface area contributed by atoms with Gasteiger partial charge in [-0.25, -0.2) is 0 Å². The van der Waals surface area contributed by atoms with Crippen LogP contribution in [0.2, 0.25) is 0 Å². The standard InChI is InChI=1S/C20H28F3N3O2/c1-19(6-8-24-9-7-19)26(14-18(27)28)13-15-4-5-16(20(21,22)23)12-17(15)25-10-2-3-11-25/h4-5,12,24H,2-3,6-11,13-14H2,1H3,(H,27,28). The first kappa shape index (κ1) is 20.9. The smallest absolute Gasteiger partial charge is 0.416 e. The molecule has 2 fully saturated rings. The van der Waals surface area contributed by atoms with Crippen LogP contribution in [-0.4, -0.2) is 54.2 Å². The highest BCUT2D eigenvalue weighted by atomic mass is 19.4. The van der Waals surface area contributed by atoms with Gasteiger partial charge in [0.2, 0.25) is 0 Å². The van der Waals surface area contributed by atoms with E-state index in [4.69, 9.17) is 0 Å². The fourth-order valence-electron chi connectivity index (χ4n) is 4.21. The molecule has 0 saturated carbocycles. The summed E-state index contributed by atoms with van der Waals surface area (Å²) in [6.07, 6.45) is -0.871. The molecule has 0 aliphatic carbocycles. The topological polar surface area (TPSA) is 55.8 Å². The highest BCUT2D eigenvalue weighted by Gasteiger charge is 2.36. The van der Waals surface area contributed by atoms with Gasteiger partial charge >= 0.3 is 12.1 Å². The molecule has 0 radical (unpaired) electrons. The van der Waals surface area contributed by atoms with Crippen LogP contribution < -0.4 is 10.2 Å². The minimum atomic E-state index is -4.39. The number of anilines is 1. The van der Waals surface area contributed by atoms with Crippen molar-refractivity contribution in [1.82, 2.24) is 10.2 Å². The van der Waals surface area contributed by atoms with Gasteiger partial charge in [0.15, 0.2) is 0 Å². The van der Waals surface area contributed by atoms with Crippen LogP contribution in [0, 0.1) is 0 Å². The first-order valence-electron chi connectivity index (χ1n) is 9.82. The first-order valence-corrected chi connectivity index (χ1v) is 9.82. The number of hydrogen-bond acceptors (Lipinski definition) is 4. The number of rotatable bonds is 6. The van der Waals surface area contributed by atoms with E-state index in [1.807, 2.05) is 9.80 Å². The number of nitrogens with zero attached hydrogens (tertiary/aromatic N) is 2. The Hall–Kier alpha value is -1.80. The van der Waals surface area contributed by atoms with Crippen LogP contribution in [0.5, 0.6) is 0 Å². The number of halogens is 3. The molecular formula is C20H28F3N3O2. The molecule has 8 heteroatoms. The normalized spacial score (nSPS) is 20.0. The van der Waals surface area contributed by atoms with E-state index in [2.05, 4.69) is 12.2 Å². The molecule has 2 aliphatic rings. The molecule has 2 aliphatic heterocycles. The Bertz CT molecular complexity index is 696. The van der Waals surface area contributed by atoms with Gasteiger partial charge in [0, 0.05) is 30.9 Å². The molecule has 0 atom stereocenters. The Morgan fingerprint density at radius 1 is 1.25 bits per heavy atom. The molecule has 0 spiro atoms. The van der Waals surface area contributed by atoms with E-state index in [0.717, 1.165) is 63.5 Å². The van der Waals surface area contributed by atoms with Crippen molar-refractivity contribution < 1.29 is 23.1 Å². The minimum absolute atomic E-state index is 0.128. The van der Waals surface area contributed by atoms with Gasteiger partial charge in [0.05, 0.1) is 12.1 Å². The van der Waals surface area contributed by atoms with Crippen molar-refractivity contribution >= 4 is 11.7 Å². The first-order chi connectivity index (χ1) is 13.2. The number of hydrogen-bond donors (Lipinski definition) is 2. The maximum Gasteiger partial charge on any atom is 0.416 e. The number of benzene rings is 1. The van der Waals surface area contributed by atoms with Crippen molar-refractivity contribution in [3.63, 3.8) is 0 Å². The molecule has 2 saturated heterocycles. The third-order valence-electron chi connectivity index (χ3n) is 5.99. The van der Waals surface area contributed by atoms with Crippen molar-refractivity contribution in [2.75, 3.05) is 37.6 Å². The number of carboxylic acid groups (broad SMARTS) is 1. The highest BCUT2D eigenvalue weighted by Crippen LogP contribution is 2.36. The van der Waals surface area contributed by atoms with Gasteiger partial charge in [0.1, 0.15) is 0 Å². The molecule has 0 unspecified atom stereocenters. The lowest BCUT2D eigenvalue weighted by Crippen LogP contribution is -2.53. The number of piperidine rings is 1. The zero-order valence-electron chi connectivity index (χ0n) is 16.2. The zero-order valence-corrected chi connectivity index (χ0v) is 16.2. The molecule has 0 bridgehead atoms. The Labute approximate surface area is 163 Å². The summed E-state index contributed by atoms with van der Waals surface area (Å²) in [5.74, 6) is -0.922. The Balaban J connectivity index is 1.94. The molecule has 1 aromatic rings. The third kappa shape index (κ3) is 4.78.